The molecule has 0 spiro atoms. The minimum Gasteiger partial charge on any atom is -0.388 e. The van der Waals surface area contributed by atoms with Crippen molar-refractivity contribution in [2.45, 2.75) is 6.61 Å². The molecule has 4 nitrogen and oxygen atoms in total. The number of rotatable bonds is 2. The van der Waals surface area contributed by atoms with Crippen LogP contribution in [0.15, 0.2) is 18.5 Å². The lowest BCUT2D eigenvalue weighted by molar-refractivity contribution is 0.269. The molecule has 0 radical (unpaired) electrons. The highest BCUT2D eigenvalue weighted by Crippen LogP contribution is 2.31. The summed E-state index contributed by atoms with van der Waals surface area (Å²) in [7, 11) is 0. The zero-order valence-electron chi connectivity index (χ0n) is 7.86. The molecule has 0 saturated carbocycles. The van der Waals surface area contributed by atoms with E-state index < -0.39 is 0 Å². The van der Waals surface area contributed by atoms with Crippen LogP contribution in [0.5, 0.6) is 0 Å². The van der Waals surface area contributed by atoms with E-state index in [-0.39, 0.29) is 6.61 Å². The monoisotopic (exact) mass is 277 g/mol. The Balaban J connectivity index is 2.60. The van der Waals surface area contributed by atoms with Crippen molar-refractivity contribution in [3.8, 4) is 5.69 Å². The molecule has 7 heteroatoms. The first kappa shape index (κ1) is 11.7. The zero-order valence-corrected chi connectivity index (χ0v) is 10.1. The van der Waals surface area contributed by atoms with E-state index in [1.807, 2.05) is 0 Å². The molecule has 2 rings (SSSR count). The number of hydrogen-bond donors (Lipinski definition) is 1. The van der Waals surface area contributed by atoms with Crippen molar-refractivity contribution in [3.05, 3.63) is 39.4 Å². The maximum absolute atomic E-state index is 9.06. The normalized spacial score (nSPS) is 10.8. The topological polar surface area (TPSA) is 50.9 Å². The zero-order chi connectivity index (χ0) is 11.7. The number of aliphatic hydroxyl groups excluding tert-OH is 1. The maximum atomic E-state index is 9.06. The van der Waals surface area contributed by atoms with Crippen LogP contribution in [0.4, 0.5) is 0 Å². The van der Waals surface area contributed by atoms with Gasteiger partial charge in [0.25, 0.3) is 0 Å². The molecule has 1 heterocycles. The van der Waals surface area contributed by atoms with Gasteiger partial charge < -0.3 is 5.11 Å². The molecule has 0 aliphatic heterocycles. The first-order valence-corrected chi connectivity index (χ1v) is 5.41. The minimum atomic E-state index is -0.240. The Morgan fingerprint density at radius 3 is 2.50 bits per heavy atom. The average Bonchev–Trinajstić information content (AvgIpc) is 2.71. The van der Waals surface area contributed by atoms with E-state index in [0.29, 0.717) is 26.6 Å². The number of hydrogen-bond acceptors (Lipinski definition) is 3. The molecule has 1 N–H and O–H groups in total. The molecule has 16 heavy (non-hydrogen) atoms. The van der Waals surface area contributed by atoms with Crippen LogP contribution in [0.2, 0.25) is 15.1 Å². The minimum absolute atomic E-state index is 0.240. The van der Waals surface area contributed by atoms with Gasteiger partial charge in [0, 0.05) is 0 Å². The van der Waals surface area contributed by atoms with E-state index in [4.69, 9.17) is 39.9 Å². The van der Waals surface area contributed by atoms with Gasteiger partial charge in [0.15, 0.2) is 5.82 Å². The SMILES string of the molecule is OCc1nncn1-c1cc(Cl)c(Cl)cc1Cl. The predicted molar refractivity (Wildman–Crippen MR) is 62.3 cm³/mol. The van der Waals surface area contributed by atoms with Crippen LogP contribution in [0, 0.1) is 0 Å². The molecule has 84 valence electrons. The van der Waals surface area contributed by atoms with Crippen molar-refractivity contribution >= 4 is 34.8 Å². The van der Waals surface area contributed by atoms with Gasteiger partial charge in [-0.2, -0.15) is 0 Å². The largest absolute Gasteiger partial charge is 0.388 e. The van der Waals surface area contributed by atoms with Gasteiger partial charge in [-0.3, -0.25) is 4.57 Å². The fraction of sp³-hybridized carbons (Fsp3) is 0.111. The molecule has 0 saturated heterocycles. The van der Waals surface area contributed by atoms with Crippen molar-refractivity contribution in [2.75, 3.05) is 0 Å². The van der Waals surface area contributed by atoms with Gasteiger partial charge in [-0.15, -0.1) is 10.2 Å². The van der Waals surface area contributed by atoms with Gasteiger partial charge in [-0.1, -0.05) is 34.8 Å². The summed E-state index contributed by atoms with van der Waals surface area (Å²) in [6.45, 7) is -0.240. The molecule has 1 aromatic carbocycles. The summed E-state index contributed by atoms with van der Waals surface area (Å²) in [5.74, 6) is 0.375. The van der Waals surface area contributed by atoms with Crippen molar-refractivity contribution < 1.29 is 5.11 Å². The molecular formula is C9H6Cl3N3O. The van der Waals surface area contributed by atoms with Crippen molar-refractivity contribution in [1.29, 1.82) is 0 Å². The second-order valence-corrected chi connectivity index (χ2v) is 4.21. The van der Waals surface area contributed by atoms with Crippen LogP contribution in [0.1, 0.15) is 5.82 Å². The lowest BCUT2D eigenvalue weighted by Crippen LogP contribution is -2.01. The third kappa shape index (κ3) is 2.01. The predicted octanol–water partition coefficient (Wildman–Crippen LogP) is 2.72. The van der Waals surface area contributed by atoms with Gasteiger partial charge in [0.1, 0.15) is 12.9 Å². The molecule has 0 aliphatic rings. The van der Waals surface area contributed by atoms with Gasteiger partial charge in [0.05, 0.1) is 20.8 Å². The molecule has 1 aromatic heterocycles. The van der Waals surface area contributed by atoms with E-state index in [0.717, 1.165) is 0 Å². The summed E-state index contributed by atoms with van der Waals surface area (Å²) in [5.41, 5.74) is 0.574. The molecule has 2 aromatic rings. The standard InChI is InChI=1S/C9H6Cl3N3O/c10-5-1-7(12)8(2-6(5)11)15-4-13-14-9(15)3-16/h1-2,4,16H,3H2. The Morgan fingerprint density at radius 2 is 1.81 bits per heavy atom. The highest BCUT2D eigenvalue weighted by molar-refractivity contribution is 6.43. The first-order chi connectivity index (χ1) is 7.63. The summed E-state index contributed by atoms with van der Waals surface area (Å²) < 4.78 is 1.55. The highest BCUT2D eigenvalue weighted by atomic mass is 35.5. The van der Waals surface area contributed by atoms with Gasteiger partial charge in [0.2, 0.25) is 0 Å². The van der Waals surface area contributed by atoms with Crippen molar-refractivity contribution in [1.82, 2.24) is 14.8 Å². The third-order valence-electron chi connectivity index (χ3n) is 2.01. The van der Waals surface area contributed by atoms with E-state index in [2.05, 4.69) is 10.2 Å². The summed E-state index contributed by atoms with van der Waals surface area (Å²) in [6.07, 6.45) is 1.44. The molecule has 0 unspecified atom stereocenters. The van der Waals surface area contributed by atoms with Crippen LogP contribution in [0.25, 0.3) is 5.69 Å². The fourth-order valence-corrected chi connectivity index (χ4v) is 1.90. The highest BCUT2D eigenvalue weighted by Gasteiger charge is 2.11. The van der Waals surface area contributed by atoms with Crippen LogP contribution < -0.4 is 0 Å². The van der Waals surface area contributed by atoms with Crippen molar-refractivity contribution in [3.63, 3.8) is 0 Å². The van der Waals surface area contributed by atoms with E-state index in [1.54, 1.807) is 10.6 Å². The molecule has 0 atom stereocenters. The summed E-state index contributed by atoms with van der Waals surface area (Å²) >= 11 is 17.7. The second-order valence-electron chi connectivity index (χ2n) is 2.99. The average molecular weight is 279 g/mol. The second kappa shape index (κ2) is 4.59. The summed E-state index contributed by atoms with van der Waals surface area (Å²) in [4.78, 5) is 0. The number of benzene rings is 1. The molecule has 0 fully saturated rings. The summed E-state index contributed by atoms with van der Waals surface area (Å²) in [5, 5.41) is 17.6. The lowest BCUT2D eigenvalue weighted by atomic mass is 10.3. The lowest BCUT2D eigenvalue weighted by Gasteiger charge is -2.08. The maximum Gasteiger partial charge on any atom is 0.163 e. The van der Waals surface area contributed by atoms with Crippen LogP contribution in [-0.2, 0) is 6.61 Å². The third-order valence-corrected chi connectivity index (χ3v) is 3.03. The molecule has 0 aliphatic carbocycles. The molecular weight excluding hydrogens is 272 g/mol. The fourth-order valence-electron chi connectivity index (χ4n) is 1.26. The number of halogens is 3. The Labute approximate surface area is 106 Å². The Bertz CT molecular complexity index is 527. The smallest absolute Gasteiger partial charge is 0.163 e. The van der Waals surface area contributed by atoms with Crippen LogP contribution in [-0.4, -0.2) is 19.9 Å². The number of aliphatic hydroxyl groups is 1. The quantitative estimate of drug-likeness (QED) is 0.859. The Morgan fingerprint density at radius 1 is 1.12 bits per heavy atom. The van der Waals surface area contributed by atoms with Gasteiger partial charge in [-0.25, -0.2) is 0 Å². The molecule has 0 bridgehead atoms. The Hall–Kier alpha value is -0.810. The van der Waals surface area contributed by atoms with Crippen LogP contribution >= 0.6 is 34.8 Å². The summed E-state index contributed by atoms with van der Waals surface area (Å²) in [6, 6.07) is 3.12. The van der Waals surface area contributed by atoms with Gasteiger partial charge >= 0.3 is 0 Å². The first-order valence-electron chi connectivity index (χ1n) is 4.28. The molecule has 0 amide bonds. The van der Waals surface area contributed by atoms with E-state index in [9.17, 15) is 0 Å². The number of aromatic nitrogens is 3. The van der Waals surface area contributed by atoms with E-state index in [1.165, 1.54) is 12.4 Å². The number of nitrogens with zero attached hydrogens (tertiary/aromatic N) is 3. The van der Waals surface area contributed by atoms with E-state index >= 15 is 0 Å². The van der Waals surface area contributed by atoms with Gasteiger partial charge in [-0.05, 0) is 12.1 Å². The van der Waals surface area contributed by atoms with Crippen LogP contribution in [0.3, 0.4) is 0 Å². The Kier molecular flexibility index (Phi) is 3.35. The van der Waals surface area contributed by atoms with Crippen molar-refractivity contribution in [2.24, 2.45) is 0 Å².